The first-order valence-corrected chi connectivity index (χ1v) is 6.67. The van der Waals surface area contributed by atoms with Gasteiger partial charge in [-0.2, -0.15) is 0 Å². The maximum absolute atomic E-state index is 12.2. The van der Waals surface area contributed by atoms with E-state index < -0.39 is 0 Å². The van der Waals surface area contributed by atoms with E-state index in [2.05, 4.69) is 22.1 Å². The Morgan fingerprint density at radius 1 is 1.29 bits per heavy atom. The fraction of sp³-hybridized carbons (Fsp3) is 0.176. The third-order valence-corrected chi connectivity index (χ3v) is 3.03. The van der Waals surface area contributed by atoms with Gasteiger partial charge in [-0.25, -0.2) is 0 Å². The topological polar surface area (TPSA) is 68.0 Å². The third-order valence-electron chi connectivity index (χ3n) is 3.03. The molecular weight excluding hydrogens is 262 g/mol. The highest BCUT2D eigenvalue weighted by Gasteiger charge is 2.07. The Labute approximate surface area is 124 Å². The summed E-state index contributed by atoms with van der Waals surface area (Å²) in [4.78, 5) is 16.1. The summed E-state index contributed by atoms with van der Waals surface area (Å²) >= 11 is 0. The highest BCUT2D eigenvalue weighted by Crippen LogP contribution is 2.10. The van der Waals surface area contributed by atoms with Crippen molar-refractivity contribution in [3.63, 3.8) is 0 Å². The smallest absolute Gasteiger partial charge is 0.251 e. The molecule has 0 aliphatic carbocycles. The molecule has 0 saturated carbocycles. The van der Waals surface area contributed by atoms with Crippen LogP contribution >= 0.6 is 0 Å². The van der Waals surface area contributed by atoms with Gasteiger partial charge in [-0.3, -0.25) is 9.78 Å². The Kier molecular flexibility index (Phi) is 5.08. The molecule has 3 N–H and O–H groups in total. The van der Waals surface area contributed by atoms with Crippen LogP contribution in [0.5, 0.6) is 0 Å². The molecule has 1 heterocycles. The second kappa shape index (κ2) is 7.22. The van der Waals surface area contributed by atoms with E-state index in [-0.39, 0.29) is 5.91 Å². The average Bonchev–Trinajstić information content (AvgIpc) is 2.53. The normalized spacial score (nSPS) is 9.62. The van der Waals surface area contributed by atoms with Gasteiger partial charge in [0, 0.05) is 30.1 Å². The summed E-state index contributed by atoms with van der Waals surface area (Å²) in [5.74, 6) is 5.66. The van der Waals surface area contributed by atoms with Gasteiger partial charge in [0.1, 0.15) is 0 Å². The Morgan fingerprint density at radius 2 is 2.05 bits per heavy atom. The summed E-state index contributed by atoms with van der Waals surface area (Å²) in [6, 6.07) is 9.22. The van der Waals surface area contributed by atoms with Gasteiger partial charge in [0.25, 0.3) is 5.91 Å². The van der Waals surface area contributed by atoms with Crippen LogP contribution in [0.3, 0.4) is 0 Å². The van der Waals surface area contributed by atoms with Crippen molar-refractivity contribution in [3.8, 4) is 11.8 Å². The second-order valence-corrected chi connectivity index (χ2v) is 4.57. The lowest BCUT2D eigenvalue weighted by Crippen LogP contribution is -2.22. The molecule has 1 aromatic carbocycles. The number of rotatable bonds is 3. The number of hydrogen-bond acceptors (Lipinski definition) is 3. The SMILES string of the molecule is Cc1ccc(C(=O)NCc2ccncc2)cc1C#CCN. The molecular formula is C17H17N3O. The van der Waals surface area contributed by atoms with Gasteiger partial charge in [-0.1, -0.05) is 17.9 Å². The third kappa shape index (κ3) is 4.16. The molecule has 1 aromatic heterocycles. The van der Waals surface area contributed by atoms with Gasteiger partial charge in [0.15, 0.2) is 0 Å². The van der Waals surface area contributed by atoms with Gasteiger partial charge in [-0.15, -0.1) is 0 Å². The number of aromatic nitrogens is 1. The van der Waals surface area contributed by atoms with Gasteiger partial charge < -0.3 is 11.1 Å². The lowest BCUT2D eigenvalue weighted by atomic mass is 10.0. The number of nitrogens with two attached hydrogens (primary N) is 1. The predicted molar refractivity (Wildman–Crippen MR) is 82.5 cm³/mol. The lowest BCUT2D eigenvalue weighted by molar-refractivity contribution is 0.0951. The van der Waals surface area contributed by atoms with Gasteiger partial charge >= 0.3 is 0 Å². The maximum Gasteiger partial charge on any atom is 0.251 e. The summed E-state index contributed by atoms with van der Waals surface area (Å²) in [6.45, 7) is 2.73. The number of hydrogen-bond donors (Lipinski definition) is 2. The van der Waals surface area contributed by atoms with Crippen molar-refractivity contribution in [2.24, 2.45) is 5.73 Å². The fourth-order valence-electron chi connectivity index (χ4n) is 1.83. The number of nitrogens with one attached hydrogen (secondary N) is 1. The number of pyridine rings is 1. The minimum atomic E-state index is -0.123. The van der Waals surface area contributed by atoms with E-state index in [1.165, 1.54) is 0 Å². The van der Waals surface area contributed by atoms with Gasteiger partial charge in [0.2, 0.25) is 0 Å². The van der Waals surface area contributed by atoms with Crippen molar-refractivity contribution in [1.82, 2.24) is 10.3 Å². The van der Waals surface area contributed by atoms with Crippen LogP contribution in [0.15, 0.2) is 42.7 Å². The molecule has 21 heavy (non-hydrogen) atoms. The Bertz CT molecular complexity index is 684. The van der Waals surface area contributed by atoms with Crippen LogP contribution in [0.25, 0.3) is 0 Å². The number of carbonyl (C=O) groups is 1. The Balaban J connectivity index is 2.09. The van der Waals surface area contributed by atoms with Gasteiger partial charge in [-0.05, 0) is 42.3 Å². The molecule has 106 valence electrons. The molecule has 0 spiro atoms. The molecule has 0 saturated heterocycles. The van der Waals surface area contributed by atoms with E-state index in [0.29, 0.717) is 18.7 Å². The van der Waals surface area contributed by atoms with Gasteiger partial charge in [0.05, 0.1) is 6.54 Å². The van der Waals surface area contributed by atoms with Crippen LogP contribution < -0.4 is 11.1 Å². The number of carbonyl (C=O) groups excluding carboxylic acids is 1. The van der Waals surface area contributed by atoms with E-state index in [0.717, 1.165) is 16.7 Å². The fourth-order valence-corrected chi connectivity index (χ4v) is 1.83. The molecule has 0 unspecified atom stereocenters. The zero-order chi connectivity index (χ0) is 15.1. The highest BCUT2D eigenvalue weighted by atomic mass is 16.1. The quantitative estimate of drug-likeness (QED) is 0.839. The van der Waals surface area contributed by atoms with E-state index in [9.17, 15) is 4.79 Å². The zero-order valence-corrected chi connectivity index (χ0v) is 11.9. The molecule has 0 atom stereocenters. The van der Waals surface area contributed by atoms with E-state index in [4.69, 9.17) is 5.73 Å². The number of nitrogens with zero attached hydrogens (tertiary/aromatic N) is 1. The van der Waals surface area contributed by atoms with Crippen molar-refractivity contribution >= 4 is 5.91 Å². The van der Waals surface area contributed by atoms with Crippen LogP contribution in [0.2, 0.25) is 0 Å². The van der Waals surface area contributed by atoms with E-state index >= 15 is 0 Å². The van der Waals surface area contributed by atoms with Crippen LogP contribution in [-0.2, 0) is 6.54 Å². The van der Waals surface area contributed by atoms with Crippen LogP contribution in [0.1, 0.15) is 27.0 Å². The molecule has 1 amide bonds. The Hall–Kier alpha value is -2.64. The summed E-state index contributed by atoms with van der Waals surface area (Å²) < 4.78 is 0. The average molecular weight is 279 g/mol. The maximum atomic E-state index is 12.2. The molecule has 2 aromatic rings. The summed E-state index contributed by atoms with van der Waals surface area (Å²) in [6.07, 6.45) is 3.40. The van der Waals surface area contributed by atoms with Crippen molar-refractivity contribution in [1.29, 1.82) is 0 Å². The standard InChI is InChI=1S/C17H17N3O/c1-13-4-5-16(11-15(13)3-2-8-18)17(21)20-12-14-6-9-19-10-7-14/h4-7,9-11H,8,12,18H2,1H3,(H,20,21). The lowest BCUT2D eigenvalue weighted by Gasteiger charge is -2.07. The summed E-state index contributed by atoms with van der Waals surface area (Å²) in [5, 5.41) is 2.88. The van der Waals surface area contributed by atoms with E-state index in [1.807, 2.05) is 25.1 Å². The summed E-state index contributed by atoms with van der Waals surface area (Å²) in [5.41, 5.74) is 8.84. The molecule has 0 aliphatic rings. The minimum absolute atomic E-state index is 0.123. The second-order valence-electron chi connectivity index (χ2n) is 4.57. The highest BCUT2D eigenvalue weighted by molar-refractivity contribution is 5.94. The Morgan fingerprint density at radius 3 is 2.76 bits per heavy atom. The first-order valence-electron chi connectivity index (χ1n) is 6.67. The minimum Gasteiger partial charge on any atom is -0.348 e. The zero-order valence-electron chi connectivity index (χ0n) is 11.9. The van der Waals surface area contributed by atoms with Crippen molar-refractivity contribution in [2.45, 2.75) is 13.5 Å². The molecule has 0 bridgehead atoms. The van der Waals surface area contributed by atoms with Crippen molar-refractivity contribution in [2.75, 3.05) is 6.54 Å². The van der Waals surface area contributed by atoms with Crippen LogP contribution in [-0.4, -0.2) is 17.4 Å². The van der Waals surface area contributed by atoms with Crippen molar-refractivity contribution < 1.29 is 4.79 Å². The molecule has 0 aliphatic heterocycles. The number of aryl methyl sites for hydroxylation is 1. The monoisotopic (exact) mass is 279 g/mol. The first kappa shape index (κ1) is 14.8. The van der Waals surface area contributed by atoms with Crippen LogP contribution in [0.4, 0.5) is 0 Å². The summed E-state index contributed by atoms with van der Waals surface area (Å²) in [7, 11) is 0. The molecule has 2 rings (SSSR count). The van der Waals surface area contributed by atoms with E-state index in [1.54, 1.807) is 24.5 Å². The van der Waals surface area contributed by atoms with Crippen LogP contribution in [0, 0.1) is 18.8 Å². The molecule has 0 radical (unpaired) electrons. The largest absolute Gasteiger partial charge is 0.348 e. The molecule has 4 heteroatoms. The molecule has 4 nitrogen and oxygen atoms in total. The predicted octanol–water partition coefficient (Wildman–Crippen LogP) is 1.63. The van der Waals surface area contributed by atoms with Crippen molar-refractivity contribution in [3.05, 3.63) is 65.0 Å². The first-order chi connectivity index (χ1) is 10.2. The number of amides is 1. The number of benzene rings is 1. The molecule has 0 fully saturated rings.